The Balaban J connectivity index is 2.85. The minimum Gasteiger partial charge on any atom is -0.480 e. The van der Waals surface area contributed by atoms with Gasteiger partial charge in [-0.25, -0.2) is 4.79 Å². The predicted molar refractivity (Wildman–Crippen MR) is 108 cm³/mol. The van der Waals surface area contributed by atoms with Crippen molar-refractivity contribution in [3.05, 3.63) is 0 Å². The van der Waals surface area contributed by atoms with Crippen LogP contribution in [0.5, 0.6) is 0 Å². The van der Waals surface area contributed by atoms with E-state index in [9.17, 15) is 34.2 Å². The molecule has 0 aromatic heterocycles. The Hall–Kier alpha value is -2.38. The summed E-state index contributed by atoms with van der Waals surface area (Å²) in [5.41, 5.74) is 10.9. The van der Waals surface area contributed by atoms with Gasteiger partial charge in [-0.2, -0.15) is 11.8 Å². The SMILES string of the molecule is CSCCC(N)C(=O)NC(CO)C(=O)NC(CC(N)=O)C(=O)N1CCCC1C(=O)O. The molecule has 1 saturated heterocycles. The van der Waals surface area contributed by atoms with Crippen molar-refractivity contribution in [2.45, 2.75) is 49.9 Å². The molecule has 30 heavy (non-hydrogen) atoms. The van der Waals surface area contributed by atoms with Crippen LogP contribution in [-0.4, -0.2) is 94.0 Å². The molecule has 0 bridgehead atoms. The van der Waals surface area contributed by atoms with Gasteiger partial charge in [0.2, 0.25) is 23.6 Å². The first kappa shape index (κ1) is 25.7. The van der Waals surface area contributed by atoms with Crippen LogP contribution in [0.25, 0.3) is 0 Å². The Morgan fingerprint density at radius 2 is 1.80 bits per heavy atom. The minimum absolute atomic E-state index is 0.158. The Morgan fingerprint density at radius 1 is 1.17 bits per heavy atom. The van der Waals surface area contributed by atoms with Crippen LogP contribution in [0.2, 0.25) is 0 Å². The number of nitrogens with two attached hydrogens (primary N) is 2. The highest BCUT2D eigenvalue weighted by atomic mass is 32.2. The maximum Gasteiger partial charge on any atom is 0.326 e. The molecule has 4 amide bonds. The molecule has 4 unspecified atom stereocenters. The number of primary amides is 1. The highest BCUT2D eigenvalue weighted by Crippen LogP contribution is 2.19. The molecule has 13 heteroatoms. The lowest BCUT2D eigenvalue weighted by molar-refractivity contribution is -0.149. The molecule has 0 aliphatic carbocycles. The number of nitrogens with one attached hydrogen (secondary N) is 2. The van der Waals surface area contributed by atoms with Crippen molar-refractivity contribution < 1.29 is 34.2 Å². The Morgan fingerprint density at radius 3 is 2.33 bits per heavy atom. The van der Waals surface area contributed by atoms with Crippen molar-refractivity contribution in [3.63, 3.8) is 0 Å². The maximum absolute atomic E-state index is 12.8. The van der Waals surface area contributed by atoms with Gasteiger partial charge >= 0.3 is 5.97 Å². The minimum atomic E-state index is -1.42. The first-order chi connectivity index (χ1) is 14.1. The van der Waals surface area contributed by atoms with E-state index < -0.39 is 66.8 Å². The van der Waals surface area contributed by atoms with Gasteiger partial charge in [-0.15, -0.1) is 0 Å². The fourth-order valence-corrected chi connectivity index (χ4v) is 3.50. The third-order valence-electron chi connectivity index (χ3n) is 4.63. The van der Waals surface area contributed by atoms with Gasteiger partial charge in [0.25, 0.3) is 0 Å². The summed E-state index contributed by atoms with van der Waals surface area (Å²) in [6.45, 7) is -0.614. The Labute approximate surface area is 178 Å². The number of aliphatic hydroxyl groups excluding tert-OH is 1. The van der Waals surface area contributed by atoms with E-state index in [4.69, 9.17) is 11.5 Å². The van der Waals surface area contributed by atoms with Gasteiger partial charge in [0.15, 0.2) is 0 Å². The molecule has 4 atom stereocenters. The summed E-state index contributed by atoms with van der Waals surface area (Å²) in [5.74, 6) is -3.80. The molecule has 0 saturated carbocycles. The van der Waals surface area contributed by atoms with Gasteiger partial charge in [0.1, 0.15) is 18.1 Å². The second-order valence-electron chi connectivity index (χ2n) is 6.89. The molecular weight excluding hydrogens is 418 g/mol. The topological polar surface area (TPSA) is 205 Å². The van der Waals surface area contributed by atoms with E-state index in [0.29, 0.717) is 18.6 Å². The Bertz CT molecular complexity index is 662. The van der Waals surface area contributed by atoms with Crippen LogP contribution < -0.4 is 22.1 Å². The van der Waals surface area contributed by atoms with E-state index in [-0.39, 0.29) is 13.0 Å². The quantitative estimate of drug-likeness (QED) is 0.180. The zero-order valence-corrected chi connectivity index (χ0v) is 17.5. The van der Waals surface area contributed by atoms with Gasteiger partial charge in [-0.05, 0) is 31.3 Å². The van der Waals surface area contributed by atoms with Crippen LogP contribution in [0, 0.1) is 0 Å². The zero-order chi connectivity index (χ0) is 22.8. The number of amides is 4. The third kappa shape index (κ3) is 7.46. The second-order valence-corrected chi connectivity index (χ2v) is 7.88. The number of carbonyl (C=O) groups excluding carboxylic acids is 4. The molecule has 8 N–H and O–H groups in total. The monoisotopic (exact) mass is 447 g/mol. The molecule has 0 spiro atoms. The first-order valence-electron chi connectivity index (χ1n) is 9.40. The van der Waals surface area contributed by atoms with E-state index in [1.54, 1.807) is 0 Å². The third-order valence-corrected chi connectivity index (χ3v) is 5.27. The van der Waals surface area contributed by atoms with Crippen LogP contribution in [0.15, 0.2) is 0 Å². The highest BCUT2D eigenvalue weighted by molar-refractivity contribution is 7.98. The number of hydrogen-bond donors (Lipinski definition) is 6. The van der Waals surface area contributed by atoms with Crippen molar-refractivity contribution >= 4 is 41.4 Å². The molecule has 170 valence electrons. The van der Waals surface area contributed by atoms with Gasteiger partial charge in [0, 0.05) is 6.54 Å². The average Bonchev–Trinajstić information content (AvgIpc) is 3.18. The summed E-state index contributed by atoms with van der Waals surface area (Å²) in [5, 5.41) is 23.3. The standard InChI is InChI=1S/C17H29N5O7S/c1-30-6-4-9(18)14(25)21-11(8-23)15(26)20-10(7-13(19)24)16(27)22-5-2-3-12(22)17(28)29/h9-12,23H,2-8,18H2,1H3,(H2,19,24)(H,20,26)(H,21,25)(H,28,29). The number of hydrogen-bond acceptors (Lipinski definition) is 8. The van der Waals surface area contributed by atoms with Crippen LogP contribution in [0.3, 0.4) is 0 Å². The largest absolute Gasteiger partial charge is 0.480 e. The number of nitrogens with zero attached hydrogens (tertiary/aromatic N) is 1. The van der Waals surface area contributed by atoms with Crippen LogP contribution in [0.4, 0.5) is 0 Å². The predicted octanol–water partition coefficient (Wildman–Crippen LogP) is -3.02. The molecule has 1 fully saturated rings. The van der Waals surface area contributed by atoms with Crippen molar-refractivity contribution in [3.8, 4) is 0 Å². The van der Waals surface area contributed by atoms with Gasteiger partial charge in [-0.1, -0.05) is 0 Å². The molecule has 12 nitrogen and oxygen atoms in total. The number of aliphatic hydroxyl groups is 1. The maximum atomic E-state index is 12.8. The van der Waals surface area contributed by atoms with E-state index in [1.807, 2.05) is 6.26 Å². The summed E-state index contributed by atoms with van der Waals surface area (Å²) >= 11 is 1.49. The van der Waals surface area contributed by atoms with Crippen molar-refractivity contribution in [1.29, 1.82) is 0 Å². The second kappa shape index (κ2) is 12.3. The fraction of sp³-hybridized carbons (Fsp3) is 0.706. The number of carboxylic acid groups (broad SMARTS) is 1. The molecule has 1 rings (SSSR count). The summed E-state index contributed by atoms with van der Waals surface area (Å²) < 4.78 is 0. The van der Waals surface area contributed by atoms with Crippen molar-refractivity contribution in [2.75, 3.05) is 25.2 Å². The smallest absolute Gasteiger partial charge is 0.326 e. The van der Waals surface area contributed by atoms with Crippen LogP contribution in [-0.2, 0) is 24.0 Å². The van der Waals surface area contributed by atoms with Crippen LogP contribution in [0.1, 0.15) is 25.7 Å². The van der Waals surface area contributed by atoms with E-state index >= 15 is 0 Å². The Kier molecular flexibility index (Phi) is 10.6. The van der Waals surface area contributed by atoms with E-state index in [2.05, 4.69) is 10.6 Å². The van der Waals surface area contributed by atoms with Crippen molar-refractivity contribution in [2.24, 2.45) is 11.5 Å². The molecular formula is C17H29N5O7S. The number of likely N-dealkylation sites (tertiary alicyclic amines) is 1. The summed E-state index contributed by atoms with van der Waals surface area (Å²) in [7, 11) is 0. The number of carbonyl (C=O) groups is 5. The molecule has 0 aromatic carbocycles. The first-order valence-corrected chi connectivity index (χ1v) is 10.8. The molecule has 1 aliphatic rings. The molecule has 0 radical (unpaired) electrons. The molecule has 0 aromatic rings. The summed E-state index contributed by atoms with van der Waals surface area (Å²) in [4.78, 5) is 61.1. The van der Waals surface area contributed by atoms with Gasteiger partial charge in [-0.3, -0.25) is 19.2 Å². The number of carboxylic acids is 1. The normalized spacial score (nSPS) is 18.9. The number of aliphatic carboxylic acids is 1. The van der Waals surface area contributed by atoms with Gasteiger partial charge in [0.05, 0.1) is 19.1 Å². The van der Waals surface area contributed by atoms with Crippen molar-refractivity contribution in [1.82, 2.24) is 15.5 Å². The van der Waals surface area contributed by atoms with Gasteiger partial charge < -0.3 is 37.2 Å². The number of thioether (sulfide) groups is 1. The van der Waals surface area contributed by atoms with Crippen LogP contribution >= 0.6 is 11.8 Å². The molecule has 1 aliphatic heterocycles. The number of rotatable bonds is 12. The lowest BCUT2D eigenvalue weighted by Gasteiger charge is -2.28. The average molecular weight is 448 g/mol. The van der Waals surface area contributed by atoms with E-state index in [0.717, 1.165) is 4.90 Å². The highest BCUT2D eigenvalue weighted by Gasteiger charge is 2.38. The summed E-state index contributed by atoms with van der Waals surface area (Å²) in [6.07, 6.45) is 2.36. The summed E-state index contributed by atoms with van der Waals surface area (Å²) in [6, 6.07) is -4.78. The fourth-order valence-electron chi connectivity index (χ4n) is 3.01. The zero-order valence-electron chi connectivity index (χ0n) is 16.7. The molecule has 1 heterocycles. The lowest BCUT2D eigenvalue weighted by atomic mass is 10.1. The lowest BCUT2D eigenvalue weighted by Crippen LogP contribution is -2.58. The van der Waals surface area contributed by atoms with E-state index in [1.165, 1.54) is 11.8 Å².